The molecule has 0 aliphatic carbocycles. The molecule has 1 aromatic heterocycles. The van der Waals surface area contributed by atoms with Gasteiger partial charge >= 0.3 is 6.18 Å². The van der Waals surface area contributed by atoms with Gasteiger partial charge in [-0.3, -0.25) is 0 Å². The SMILES string of the molecule is Cc1ccc2c(C(C)NCCCc3cccc(C(F)(F)F)c3)csc2c1. The average molecular weight is 377 g/mol. The van der Waals surface area contributed by atoms with E-state index in [2.05, 4.69) is 42.7 Å². The first kappa shape index (κ1) is 18.9. The van der Waals surface area contributed by atoms with Crippen molar-refractivity contribution in [3.63, 3.8) is 0 Å². The number of thiophene rings is 1. The standard InChI is InChI=1S/C21H22F3NS/c1-14-8-9-18-19(13-26-20(18)11-14)15(2)25-10-4-6-16-5-3-7-17(12-16)21(22,23)24/h3,5,7-9,11-13,15,25H,4,6,10H2,1-2H3. The lowest BCUT2D eigenvalue weighted by atomic mass is 10.0. The molecule has 3 aromatic rings. The molecule has 1 unspecified atom stereocenters. The third-order valence-corrected chi connectivity index (χ3v) is 5.54. The normalized spacial score (nSPS) is 13.3. The summed E-state index contributed by atoms with van der Waals surface area (Å²) in [6, 6.07) is 12.3. The summed E-state index contributed by atoms with van der Waals surface area (Å²) < 4.78 is 39.6. The molecular weight excluding hydrogens is 355 g/mol. The minimum Gasteiger partial charge on any atom is -0.310 e. The molecule has 0 radical (unpaired) electrons. The van der Waals surface area contributed by atoms with E-state index in [1.807, 2.05) is 0 Å². The van der Waals surface area contributed by atoms with Crippen molar-refractivity contribution in [1.29, 1.82) is 0 Å². The Morgan fingerprint density at radius 2 is 1.92 bits per heavy atom. The van der Waals surface area contributed by atoms with Crippen molar-refractivity contribution >= 4 is 21.4 Å². The van der Waals surface area contributed by atoms with Crippen LogP contribution < -0.4 is 5.32 Å². The molecule has 26 heavy (non-hydrogen) atoms. The maximum atomic E-state index is 12.8. The topological polar surface area (TPSA) is 12.0 Å². The molecule has 1 N–H and O–H groups in total. The van der Waals surface area contributed by atoms with Crippen LogP contribution in [0.25, 0.3) is 10.1 Å². The maximum absolute atomic E-state index is 12.8. The van der Waals surface area contributed by atoms with Gasteiger partial charge in [0.1, 0.15) is 0 Å². The van der Waals surface area contributed by atoms with Crippen LogP contribution >= 0.6 is 11.3 Å². The monoisotopic (exact) mass is 377 g/mol. The van der Waals surface area contributed by atoms with Gasteiger partial charge in [0.05, 0.1) is 5.56 Å². The highest BCUT2D eigenvalue weighted by molar-refractivity contribution is 7.17. The Morgan fingerprint density at radius 1 is 1.12 bits per heavy atom. The number of alkyl halides is 3. The molecule has 0 bridgehead atoms. The number of benzene rings is 2. The van der Waals surface area contributed by atoms with E-state index in [1.54, 1.807) is 17.4 Å². The minimum atomic E-state index is -4.28. The fraction of sp³-hybridized carbons (Fsp3) is 0.333. The van der Waals surface area contributed by atoms with E-state index >= 15 is 0 Å². The van der Waals surface area contributed by atoms with Crippen molar-refractivity contribution < 1.29 is 13.2 Å². The molecule has 0 aliphatic rings. The van der Waals surface area contributed by atoms with Gasteiger partial charge in [-0.15, -0.1) is 11.3 Å². The number of halogens is 3. The largest absolute Gasteiger partial charge is 0.416 e. The molecule has 0 fully saturated rings. The van der Waals surface area contributed by atoms with Gasteiger partial charge in [0.25, 0.3) is 0 Å². The first-order chi connectivity index (χ1) is 12.3. The van der Waals surface area contributed by atoms with Gasteiger partial charge < -0.3 is 5.32 Å². The zero-order valence-electron chi connectivity index (χ0n) is 14.9. The zero-order valence-corrected chi connectivity index (χ0v) is 15.7. The lowest BCUT2D eigenvalue weighted by molar-refractivity contribution is -0.137. The maximum Gasteiger partial charge on any atom is 0.416 e. The second-order valence-electron chi connectivity index (χ2n) is 6.67. The minimum absolute atomic E-state index is 0.216. The Hall–Kier alpha value is -1.85. The molecule has 3 rings (SSSR count). The average Bonchev–Trinajstić information content (AvgIpc) is 3.01. The van der Waals surface area contributed by atoms with Crippen LogP contribution in [-0.2, 0) is 12.6 Å². The van der Waals surface area contributed by atoms with Gasteiger partial charge in [-0.1, -0.05) is 30.3 Å². The van der Waals surface area contributed by atoms with E-state index in [-0.39, 0.29) is 6.04 Å². The van der Waals surface area contributed by atoms with Crippen LogP contribution in [0.3, 0.4) is 0 Å². The van der Waals surface area contributed by atoms with Crippen molar-refractivity contribution in [3.05, 3.63) is 70.1 Å². The van der Waals surface area contributed by atoms with E-state index in [4.69, 9.17) is 0 Å². The first-order valence-electron chi connectivity index (χ1n) is 8.72. The fourth-order valence-corrected chi connectivity index (χ4v) is 4.27. The molecule has 0 spiro atoms. The zero-order chi connectivity index (χ0) is 18.7. The van der Waals surface area contributed by atoms with Crippen LogP contribution in [0.5, 0.6) is 0 Å². The smallest absolute Gasteiger partial charge is 0.310 e. The van der Waals surface area contributed by atoms with Crippen molar-refractivity contribution in [3.8, 4) is 0 Å². The van der Waals surface area contributed by atoms with Crippen LogP contribution in [0.15, 0.2) is 47.8 Å². The van der Waals surface area contributed by atoms with Crippen LogP contribution in [0.2, 0.25) is 0 Å². The van der Waals surface area contributed by atoms with Gasteiger partial charge in [-0.2, -0.15) is 13.2 Å². The van der Waals surface area contributed by atoms with Crippen LogP contribution in [0.4, 0.5) is 13.2 Å². The van der Waals surface area contributed by atoms with Crippen LogP contribution in [-0.4, -0.2) is 6.54 Å². The second kappa shape index (κ2) is 7.80. The Morgan fingerprint density at radius 3 is 2.69 bits per heavy atom. The quantitative estimate of drug-likeness (QED) is 0.483. The lowest BCUT2D eigenvalue weighted by Crippen LogP contribution is -2.20. The molecule has 0 aliphatic heterocycles. The Labute approximate surface area is 155 Å². The summed E-state index contributed by atoms with van der Waals surface area (Å²) in [5.41, 5.74) is 2.69. The molecule has 0 saturated carbocycles. The summed E-state index contributed by atoms with van der Waals surface area (Å²) in [6.45, 7) is 4.99. The van der Waals surface area contributed by atoms with E-state index in [9.17, 15) is 13.2 Å². The number of fused-ring (bicyclic) bond motifs is 1. The number of hydrogen-bond acceptors (Lipinski definition) is 2. The van der Waals surface area contributed by atoms with E-state index in [0.717, 1.165) is 24.6 Å². The Kier molecular flexibility index (Phi) is 5.68. The van der Waals surface area contributed by atoms with Crippen molar-refractivity contribution in [2.24, 2.45) is 0 Å². The molecular formula is C21H22F3NS. The summed E-state index contributed by atoms with van der Waals surface area (Å²) in [5, 5.41) is 6.96. The van der Waals surface area contributed by atoms with E-state index in [0.29, 0.717) is 6.42 Å². The Bertz CT molecular complexity index is 882. The molecule has 1 atom stereocenters. The van der Waals surface area contributed by atoms with E-state index in [1.165, 1.54) is 33.3 Å². The second-order valence-corrected chi connectivity index (χ2v) is 7.58. The summed E-state index contributed by atoms with van der Waals surface area (Å²) in [6.07, 6.45) is -2.85. The molecule has 0 amide bonds. The number of rotatable bonds is 6. The van der Waals surface area contributed by atoms with Gasteiger partial charge in [-0.05, 0) is 72.8 Å². The fourth-order valence-electron chi connectivity index (χ4n) is 3.12. The molecule has 5 heteroatoms. The molecule has 1 nitrogen and oxygen atoms in total. The number of aryl methyl sites for hydroxylation is 2. The molecule has 138 valence electrons. The predicted molar refractivity (Wildman–Crippen MR) is 103 cm³/mol. The summed E-state index contributed by atoms with van der Waals surface area (Å²) in [4.78, 5) is 0. The molecule has 2 aromatic carbocycles. The highest BCUT2D eigenvalue weighted by Gasteiger charge is 2.30. The van der Waals surface area contributed by atoms with Gasteiger partial charge in [0, 0.05) is 10.7 Å². The van der Waals surface area contributed by atoms with Crippen molar-refractivity contribution in [2.45, 2.75) is 38.9 Å². The van der Waals surface area contributed by atoms with Gasteiger partial charge in [-0.25, -0.2) is 0 Å². The first-order valence-corrected chi connectivity index (χ1v) is 9.60. The Balaban J connectivity index is 1.55. The summed E-state index contributed by atoms with van der Waals surface area (Å²) >= 11 is 1.75. The third-order valence-electron chi connectivity index (χ3n) is 4.57. The highest BCUT2D eigenvalue weighted by atomic mass is 32.1. The van der Waals surface area contributed by atoms with E-state index < -0.39 is 11.7 Å². The predicted octanol–water partition coefficient (Wildman–Crippen LogP) is 6.51. The van der Waals surface area contributed by atoms with Gasteiger partial charge in [0.2, 0.25) is 0 Å². The van der Waals surface area contributed by atoms with Crippen molar-refractivity contribution in [1.82, 2.24) is 5.32 Å². The molecule has 0 saturated heterocycles. The van der Waals surface area contributed by atoms with Gasteiger partial charge in [0.15, 0.2) is 0 Å². The summed E-state index contributed by atoms with van der Waals surface area (Å²) in [7, 11) is 0. The van der Waals surface area contributed by atoms with Crippen LogP contribution in [0, 0.1) is 6.92 Å². The number of nitrogens with one attached hydrogen (secondary N) is 1. The third kappa shape index (κ3) is 4.46. The lowest BCUT2D eigenvalue weighted by Gasteiger charge is -2.14. The van der Waals surface area contributed by atoms with Crippen LogP contribution in [0.1, 0.15) is 41.6 Å². The van der Waals surface area contributed by atoms with Crippen molar-refractivity contribution in [2.75, 3.05) is 6.54 Å². The number of hydrogen-bond donors (Lipinski definition) is 1. The molecule has 1 heterocycles. The summed E-state index contributed by atoms with van der Waals surface area (Å²) in [5.74, 6) is 0. The highest BCUT2D eigenvalue weighted by Crippen LogP contribution is 2.31.